The second-order valence-corrected chi connectivity index (χ2v) is 7.82. The third kappa shape index (κ3) is 4.51. The molecule has 164 valence electrons. The molecule has 0 atom stereocenters. The second kappa shape index (κ2) is 9.25. The van der Waals surface area contributed by atoms with Crippen LogP contribution in [0.25, 0.3) is 6.08 Å². The summed E-state index contributed by atoms with van der Waals surface area (Å²) in [5, 5.41) is 17.2. The van der Waals surface area contributed by atoms with E-state index in [4.69, 9.17) is 12.2 Å². The van der Waals surface area contributed by atoms with Gasteiger partial charge in [0.05, 0.1) is 11.5 Å². The smallest absolute Gasteiger partial charge is 0.270 e. The van der Waals surface area contributed by atoms with Gasteiger partial charge in [-0.15, -0.1) is 0 Å². The SMILES string of the molecule is O=C1NC(=S)N(Cc2ccccc2)C(=O)/C1=C\c1cc([N+](=O)[O-])ccc1N1CCNCC1. The number of carbonyl (C=O) groups excluding carboxylic acids is 2. The number of nitro groups is 1. The highest BCUT2D eigenvalue weighted by Crippen LogP contribution is 2.29. The fraction of sp³-hybridized carbons (Fsp3) is 0.227. The van der Waals surface area contributed by atoms with Gasteiger partial charge < -0.3 is 10.2 Å². The van der Waals surface area contributed by atoms with Crippen molar-refractivity contribution < 1.29 is 14.5 Å². The molecular formula is C22H21N5O4S. The summed E-state index contributed by atoms with van der Waals surface area (Å²) in [6.07, 6.45) is 1.42. The molecule has 0 spiro atoms. The van der Waals surface area contributed by atoms with Crippen molar-refractivity contribution in [1.29, 1.82) is 0 Å². The van der Waals surface area contributed by atoms with Gasteiger partial charge in [0.1, 0.15) is 5.57 Å². The van der Waals surface area contributed by atoms with E-state index >= 15 is 0 Å². The van der Waals surface area contributed by atoms with Crippen molar-refractivity contribution in [3.05, 3.63) is 75.3 Å². The van der Waals surface area contributed by atoms with E-state index in [2.05, 4.69) is 15.5 Å². The van der Waals surface area contributed by atoms with Crippen molar-refractivity contribution in [2.24, 2.45) is 0 Å². The first-order valence-electron chi connectivity index (χ1n) is 10.1. The number of anilines is 1. The first-order chi connectivity index (χ1) is 15.4. The van der Waals surface area contributed by atoms with Crippen molar-refractivity contribution in [1.82, 2.24) is 15.5 Å². The molecule has 32 heavy (non-hydrogen) atoms. The number of nitro benzene ring substituents is 1. The van der Waals surface area contributed by atoms with Gasteiger partial charge in [-0.1, -0.05) is 30.3 Å². The van der Waals surface area contributed by atoms with E-state index in [-0.39, 0.29) is 22.9 Å². The fourth-order valence-corrected chi connectivity index (χ4v) is 3.96. The minimum Gasteiger partial charge on any atom is -0.368 e. The minimum absolute atomic E-state index is 0.0300. The number of nitrogens with one attached hydrogen (secondary N) is 2. The first kappa shape index (κ1) is 21.6. The summed E-state index contributed by atoms with van der Waals surface area (Å²) in [5.74, 6) is -1.16. The van der Waals surface area contributed by atoms with Crippen LogP contribution in [0.2, 0.25) is 0 Å². The molecule has 2 aliphatic rings. The third-order valence-electron chi connectivity index (χ3n) is 5.35. The van der Waals surface area contributed by atoms with Gasteiger partial charge in [-0.25, -0.2) is 0 Å². The maximum atomic E-state index is 13.2. The highest BCUT2D eigenvalue weighted by molar-refractivity contribution is 7.80. The molecule has 2 heterocycles. The molecule has 0 unspecified atom stereocenters. The predicted molar refractivity (Wildman–Crippen MR) is 124 cm³/mol. The van der Waals surface area contributed by atoms with Crippen LogP contribution in [-0.4, -0.2) is 52.9 Å². The Balaban J connectivity index is 1.72. The Morgan fingerprint density at radius 1 is 1.09 bits per heavy atom. The number of benzene rings is 2. The molecule has 4 rings (SSSR count). The Bertz CT molecular complexity index is 1110. The Morgan fingerprint density at radius 3 is 2.50 bits per heavy atom. The zero-order chi connectivity index (χ0) is 22.7. The van der Waals surface area contributed by atoms with Gasteiger partial charge in [-0.2, -0.15) is 0 Å². The maximum absolute atomic E-state index is 13.2. The highest BCUT2D eigenvalue weighted by atomic mass is 32.1. The van der Waals surface area contributed by atoms with Crippen LogP contribution in [0.1, 0.15) is 11.1 Å². The molecule has 2 saturated heterocycles. The summed E-state index contributed by atoms with van der Waals surface area (Å²) in [6.45, 7) is 3.16. The highest BCUT2D eigenvalue weighted by Gasteiger charge is 2.34. The molecule has 2 aromatic carbocycles. The second-order valence-electron chi connectivity index (χ2n) is 7.43. The van der Waals surface area contributed by atoms with E-state index in [0.717, 1.165) is 24.3 Å². The van der Waals surface area contributed by atoms with Crippen LogP contribution < -0.4 is 15.5 Å². The molecular weight excluding hydrogens is 430 g/mol. The van der Waals surface area contributed by atoms with Gasteiger partial charge in [-0.05, 0) is 29.9 Å². The number of hydrogen-bond donors (Lipinski definition) is 2. The summed E-state index contributed by atoms with van der Waals surface area (Å²) in [4.78, 5) is 40.1. The summed E-state index contributed by atoms with van der Waals surface area (Å²) < 4.78 is 0. The van der Waals surface area contributed by atoms with Crippen molar-refractivity contribution in [2.75, 3.05) is 31.1 Å². The molecule has 2 N–H and O–H groups in total. The molecule has 2 amide bonds. The number of rotatable bonds is 5. The Morgan fingerprint density at radius 2 is 1.81 bits per heavy atom. The van der Waals surface area contributed by atoms with Crippen molar-refractivity contribution in [3.63, 3.8) is 0 Å². The first-order valence-corrected chi connectivity index (χ1v) is 10.5. The number of amides is 2. The lowest BCUT2D eigenvalue weighted by Gasteiger charge is -2.31. The van der Waals surface area contributed by atoms with Gasteiger partial charge in [0.15, 0.2) is 5.11 Å². The average molecular weight is 452 g/mol. The predicted octanol–water partition coefficient (Wildman–Crippen LogP) is 1.83. The quantitative estimate of drug-likeness (QED) is 0.235. The van der Waals surface area contributed by atoms with Gasteiger partial charge in [-0.3, -0.25) is 29.9 Å². The summed E-state index contributed by atoms with van der Waals surface area (Å²) in [6, 6.07) is 13.8. The molecule has 0 radical (unpaired) electrons. The molecule has 9 nitrogen and oxygen atoms in total. The third-order valence-corrected chi connectivity index (χ3v) is 5.67. The number of nitrogens with zero attached hydrogens (tertiary/aromatic N) is 3. The lowest BCUT2D eigenvalue weighted by molar-refractivity contribution is -0.384. The van der Waals surface area contributed by atoms with E-state index in [1.54, 1.807) is 6.07 Å². The van der Waals surface area contributed by atoms with Crippen LogP contribution >= 0.6 is 12.2 Å². The normalized spacial score (nSPS) is 18.1. The van der Waals surface area contributed by atoms with E-state index < -0.39 is 16.7 Å². The molecule has 0 saturated carbocycles. The number of hydrogen-bond acceptors (Lipinski definition) is 7. The molecule has 2 aromatic rings. The Hall–Kier alpha value is -3.63. The molecule has 0 aliphatic carbocycles. The van der Waals surface area contributed by atoms with E-state index in [1.165, 1.54) is 23.1 Å². The molecule has 0 aromatic heterocycles. The summed E-state index contributed by atoms with van der Waals surface area (Å²) >= 11 is 5.22. The van der Waals surface area contributed by atoms with E-state index in [9.17, 15) is 19.7 Å². The monoisotopic (exact) mass is 451 g/mol. The lowest BCUT2D eigenvalue weighted by atomic mass is 10.0. The number of piperazine rings is 1. The molecule has 2 fully saturated rings. The molecule has 10 heteroatoms. The standard InChI is InChI=1S/C22H21N5O4S/c28-20-18(21(29)26(22(32)24-20)14-15-4-2-1-3-5-15)13-16-12-17(27(30)31)6-7-19(16)25-10-8-23-9-11-25/h1-7,12-13,23H,8-11,14H2,(H,24,28,32)/b18-13-. The largest absolute Gasteiger partial charge is 0.368 e. The van der Waals surface area contributed by atoms with Crippen LogP contribution in [0.5, 0.6) is 0 Å². The van der Waals surface area contributed by atoms with Crippen molar-refractivity contribution >= 4 is 46.6 Å². The lowest BCUT2D eigenvalue weighted by Crippen LogP contribution is -2.53. The Kier molecular flexibility index (Phi) is 6.24. The summed E-state index contributed by atoms with van der Waals surface area (Å²) in [7, 11) is 0. The minimum atomic E-state index is -0.623. The van der Waals surface area contributed by atoms with Crippen LogP contribution in [0, 0.1) is 10.1 Å². The topological polar surface area (TPSA) is 108 Å². The van der Waals surface area contributed by atoms with E-state index in [1.807, 2.05) is 30.3 Å². The maximum Gasteiger partial charge on any atom is 0.270 e. The van der Waals surface area contributed by atoms with Crippen LogP contribution in [0.15, 0.2) is 54.1 Å². The van der Waals surface area contributed by atoms with Crippen molar-refractivity contribution in [3.8, 4) is 0 Å². The number of carbonyl (C=O) groups is 2. The van der Waals surface area contributed by atoms with Crippen molar-refractivity contribution in [2.45, 2.75) is 6.54 Å². The summed E-state index contributed by atoms with van der Waals surface area (Å²) in [5.41, 5.74) is 1.79. The zero-order valence-electron chi connectivity index (χ0n) is 17.1. The van der Waals surface area contributed by atoms with Gasteiger partial charge in [0, 0.05) is 49.6 Å². The fourth-order valence-electron chi connectivity index (χ4n) is 3.72. The zero-order valence-corrected chi connectivity index (χ0v) is 17.9. The van der Waals surface area contributed by atoms with Crippen LogP contribution in [0.3, 0.4) is 0 Å². The van der Waals surface area contributed by atoms with E-state index in [0.29, 0.717) is 18.7 Å². The van der Waals surface area contributed by atoms with Gasteiger partial charge in [0.2, 0.25) is 0 Å². The number of non-ortho nitro benzene ring substituents is 1. The van der Waals surface area contributed by atoms with Gasteiger partial charge in [0.25, 0.3) is 17.5 Å². The Labute approximate surface area is 189 Å². The van der Waals surface area contributed by atoms with Crippen LogP contribution in [-0.2, 0) is 16.1 Å². The molecule has 2 aliphatic heterocycles. The number of thiocarbonyl (C=S) groups is 1. The molecule has 0 bridgehead atoms. The average Bonchev–Trinajstić information content (AvgIpc) is 2.80. The van der Waals surface area contributed by atoms with Gasteiger partial charge >= 0.3 is 0 Å². The van der Waals surface area contributed by atoms with Crippen LogP contribution in [0.4, 0.5) is 11.4 Å².